The highest BCUT2D eigenvalue weighted by molar-refractivity contribution is 6.32. The summed E-state index contributed by atoms with van der Waals surface area (Å²) in [6, 6.07) is 10.1. The van der Waals surface area contributed by atoms with E-state index in [2.05, 4.69) is 20.2 Å². The lowest BCUT2D eigenvalue weighted by Crippen LogP contribution is -2.28. The van der Waals surface area contributed by atoms with Crippen molar-refractivity contribution in [2.45, 2.75) is 25.1 Å². The van der Waals surface area contributed by atoms with Crippen LogP contribution in [-0.4, -0.2) is 57.4 Å². The number of carboxylic acids is 1. The minimum absolute atomic E-state index is 0.0702. The Hall–Kier alpha value is -3.83. The second-order valence-corrected chi connectivity index (χ2v) is 9.49. The van der Waals surface area contributed by atoms with E-state index in [4.69, 9.17) is 16.3 Å². The van der Waals surface area contributed by atoms with Crippen LogP contribution < -0.4 is 10.1 Å². The zero-order valence-electron chi connectivity index (χ0n) is 20.4. The van der Waals surface area contributed by atoms with Gasteiger partial charge >= 0.3 is 12.1 Å². The first-order valence-corrected chi connectivity index (χ1v) is 12.0. The summed E-state index contributed by atoms with van der Waals surface area (Å²) in [5.74, 6) is -3.89. The number of ether oxygens (including phenoxy) is 1. The number of anilines is 2. The molecule has 2 aromatic heterocycles. The first kappa shape index (κ1) is 25.8. The molecule has 0 bridgehead atoms. The number of halogens is 4. The minimum atomic E-state index is -5.00. The number of hydrogen-bond acceptors (Lipinski definition) is 6. The largest absolute Gasteiger partial charge is 0.495 e. The fourth-order valence-corrected chi connectivity index (χ4v) is 4.94. The normalized spacial score (nSPS) is 14.8. The molecule has 0 amide bonds. The molecule has 2 aromatic carbocycles. The van der Waals surface area contributed by atoms with E-state index in [1.165, 1.54) is 22.4 Å². The van der Waals surface area contributed by atoms with Crippen molar-refractivity contribution in [2.24, 2.45) is 0 Å². The number of carbonyl (C=O) groups is 1. The van der Waals surface area contributed by atoms with Crippen LogP contribution in [0.1, 0.15) is 22.6 Å². The molecular formula is C26H23ClF3N5O3. The highest BCUT2D eigenvalue weighted by atomic mass is 35.5. The van der Waals surface area contributed by atoms with Gasteiger partial charge in [0.2, 0.25) is 5.95 Å². The molecule has 0 aliphatic carbocycles. The van der Waals surface area contributed by atoms with Crippen LogP contribution >= 0.6 is 11.6 Å². The number of fused-ring (bicyclic) bond motifs is 2. The van der Waals surface area contributed by atoms with Gasteiger partial charge in [-0.1, -0.05) is 29.8 Å². The maximum atomic E-state index is 13.7. The summed E-state index contributed by atoms with van der Waals surface area (Å²) in [5, 5.41) is 12.7. The highest BCUT2D eigenvalue weighted by Crippen LogP contribution is 2.40. The van der Waals surface area contributed by atoms with Crippen molar-refractivity contribution in [1.29, 1.82) is 0 Å². The molecule has 0 saturated heterocycles. The zero-order valence-corrected chi connectivity index (χ0v) is 21.1. The van der Waals surface area contributed by atoms with Gasteiger partial charge in [0.1, 0.15) is 10.8 Å². The molecule has 0 saturated carbocycles. The van der Waals surface area contributed by atoms with Crippen LogP contribution in [0.5, 0.6) is 5.75 Å². The summed E-state index contributed by atoms with van der Waals surface area (Å²) < 4.78 is 48.1. The number of hydrogen-bond donors (Lipinski definition) is 2. The average molecular weight is 546 g/mol. The Balaban J connectivity index is 1.59. The summed E-state index contributed by atoms with van der Waals surface area (Å²) in [6.45, 7) is 1.71. The van der Waals surface area contributed by atoms with Gasteiger partial charge in [0, 0.05) is 30.2 Å². The Bertz CT molecular complexity index is 1540. The molecule has 1 atom stereocenters. The molecular weight excluding hydrogens is 523 g/mol. The third-order valence-corrected chi connectivity index (χ3v) is 6.82. The Kier molecular flexibility index (Phi) is 6.66. The summed E-state index contributed by atoms with van der Waals surface area (Å²) in [6.07, 6.45) is -1.66. The summed E-state index contributed by atoms with van der Waals surface area (Å²) in [4.78, 5) is 22.6. The van der Waals surface area contributed by atoms with Gasteiger partial charge in [-0.25, -0.2) is 4.98 Å². The maximum Gasteiger partial charge on any atom is 0.406 e. The number of benzene rings is 2. The van der Waals surface area contributed by atoms with Gasteiger partial charge < -0.3 is 20.1 Å². The number of aliphatic carboxylic acids is 1. The number of carboxylic acid groups (broad SMARTS) is 1. The number of nitrogens with one attached hydrogen (secondary N) is 1. The lowest BCUT2D eigenvalue weighted by molar-refractivity contribution is -0.176. The number of aromatic nitrogens is 3. The summed E-state index contributed by atoms with van der Waals surface area (Å²) >= 11 is 6.40. The van der Waals surface area contributed by atoms with Crippen molar-refractivity contribution in [1.82, 2.24) is 19.4 Å². The SMILES string of the molecule is COc1cc2c(cc1Nc1ncc(Cl)c(-n3cc(C(C(=O)O)C(F)(F)F)c4ccccc43)n1)CN(C)CC2. The first-order valence-electron chi connectivity index (χ1n) is 11.6. The number of rotatable bonds is 6. The lowest BCUT2D eigenvalue weighted by Gasteiger charge is -2.26. The molecule has 3 heterocycles. The van der Waals surface area contributed by atoms with E-state index in [1.807, 2.05) is 19.2 Å². The van der Waals surface area contributed by atoms with E-state index < -0.39 is 23.6 Å². The Morgan fingerprint density at radius 2 is 2.00 bits per heavy atom. The molecule has 4 aromatic rings. The molecule has 38 heavy (non-hydrogen) atoms. The quantitative estimate of drug-likeness (QED) is 0.328. The number of methoxy groups -OCH3 is 1. The van der Waals surface area contributed by atoms with E-state index in [1.54, 1.807) is 25.3 Å². The van der Waals surface area contributed by atoms with Gasteiger partial charge in [0.15, 0.2) is 11.7 Å². The van der Waals surface area contributed by atoms with Crippen LogP contribution in [0.4, 0.5) is 24.8 Å². The predicted molar refractivity (Wildman–Crippen MR) is 137 cm³/mol. The van der Waals surface area contributed by atoms with Crippen LogP contribution in [-0.2, 0) is 17.8 Å². The van der Waals surface area contributed by atoms with Gasteiger partial charge in [-0.15, -0.1) is 0 Å². The Morgan fingerprint density at radius 3 is 2.71 bits per heavy atom. The number of likely N-dealkylation sites (N-methyl/N-ethyl adjacent to an activating group) is 1. The molecule has 12 heteroatoms. The van der Waals surface area contributed by atoms with Crippen molar-refractivity contribution >= 4 is 40.1 Å². The van der Waals surface area contributed by atoms with Crippen molar-refractivity contribution < 1.29 is 27.8 Å². The van der Waals surface area contributed by atoms with Crippen LogP contribution in [0.15, 0.2) is 48.8 Å². The molecule has 0 fully saturated rings. The van der Waals surface area contributed by atoms with Gasteiger partial charge in [0.25, 0.3) is 0 Å². The monoisotopic (exact) mass is 545 g/mol. The topological polar surface area (TPSA) is 92.5 Å². The van der Waals surface area contributed by atoms with E-state index in [9.17, 15) is 23.1 Å². The zero-order chi connectivity index (χ0) is 27.2. The Labute approximate surface area is 220 Å². The summed E-state index contributed by atoms with van der Waals surface area (Å²) in [7, 11) is 3.60. The second-order valence-electron chi connectivity index (χ2n) is 9.08. The molecule has 0 spiro atoms. The first-order chi connectivity index (χ1) is 18.1. The van der Waals surface area contributed by atoms with E-state index in [0.29, 0.717) is 17.0 Å². The predicted octanol–water partition coefficient (Wildman–Crippen LogP) is 5.54. The van der Waals surface area contributed by atoms with Crippen molar-refractivity contribution in [3.05, 3.63) is 70.5 Å². The number of alkyl halides is 3. The van der Waals surface area contributed by atoms with E-state index in [0.717, 1.165) is 31.3 Å². The molecule has 1 aliphatic rings. The summed E-state index contributed by atoms with van der Waals surface area (Å²) in [5.41, 5.74) is 2.84. The van der Waals surface area contributed by atoms with Gasteiger partial charge in [-0.05, 0) is 42.8 Å². The third-order valence-electron chi connectivity index (χ3n) is 6.55. The lowest BCUT2D eigenvalue weighted by atomic mass is 9.98. The van der Waals surface area contributed by atoms with Crippen molar-refractivity contribution in [2.75, 3.05) is 26.0 Å². The highest BCUT2D eigenvalue weighted by Gasteiger charge is 2.47. The molecule has 2 N–H and O–H groups in total. The molecule has 8 nitrogen and oxygen atoms in total. The maximum absolute atomic E-state index is 13.7. The van der Waals surface area contributed by atoms with Gasteiger partial charge in [0.05, 0.1) is 24.5 Å². The van der Waals surface area contributed by atoms with Crippen LogP contribution in [0.2, 0.25) is 5.02 Å². The van der Waals surface area contributed by atoms with E-state index in [-0.39, 0.29) is 22.2 Å². The fraction of sp³-hybridized carbons (Fsp3) is 0.269. The van der Waals surface area contributed by atoms with Crippen molar-refractivity contribution in [3.8, 4) is 11.6 Å². The van der Waals surface area contributed by atoms with Crippen LogP contribution in [0, 0.1) is 0 Å². The third kappa shape index (κ3) is 4.74. The van der Waals surface area contributed by atoms with Crippen LogP contribution in [0.25, 0.3) is 16.7 Å². The number of nitrogens with zero attached hydrogens (tertiary/aromatic N) is 4. The van der Waals surface area contributed by atoms with Crippen molar-refractivity contribution in [3.63, 3.8) is 0 Å². The fourth-order valence-electron chi connectivity index (χ4n) is 4.76. The molecule has 0 radical (unpaired) electrons. The Morgan fingerprint density at radius 1 is 1.24 bits per heavy atom. The van der Waals surface area contributed by atoms with E-state index >= 15 is 0 Å². The average Bonchev–Trinajstić information content (AvgIpc) is 3.22. The number of para-hydroxylation sites is 1. The molecule has 5 rings (SSSR count). The second kappa shape index (κ2) is 9.80. The smallest absolute Gasteiger partial charge is 0.406 e. The minimum Gasteiger partial charge on any atom is -0.495 e. The van der Waals surface area contributed by atoms with Gasteiger partial charge in [-0.3, -0.25) is 9.36 Å². The van der Waals surface area contributed by atoms with Gasteiger partial charge in [-0.2, -0.15) is 18.2 Å². The molecule has 1 unspecified atom stereocenters. The standard InChI is InChI=1S/C26H23ClF3N5O3/c1-34-8-7-14-10-21(38-2)19(9-15(14)12-34)32-25-31-11-18(27)23(33-25)35-13-17(16-5-3-4-6-20(16)35)22(24(36)37)26(28,29)30/h3-6,9-11,13,22H,7-8,12H2,1-2H3,(H,36,37)(H,31,32,33). The molecule has 1 aliphatic heterocycles. The molecule has 198 valence electrons. The van der Waals surface area contributed by atoms with Crippen LogP contribution in [0.3, 0.4) is 0 Å².